The van der Waals surface area contributed by atoms with E-state index in [1.807, 2.05) is 0 Å². The second-order valence-corrected chi connectivity index (χ2v) is 6.56. The third-order valence-corrected chi connectivity index (χ3v) is 5.20. The molecule has 5 atom stereocenters. The molecule has 21 heavy (non-hydrogen) atoms. The molecule has 1 fully saturated rings. The molecule has 2 amide bonds. The molecule has 118 valence electrons. The fourth-order valence-corrected chi connectivity index (χ4v) is 3.87. The van der Waals surface area contributed by atoms with Crippen LogP contribution in [0.5, 0.6) is 0 Å². The Kier molecular flexibility index (Phi) is 5.43. The minimum Gasteiger partial charge on any atom is -0.369 e. The van der Waals surface area contributed by atoms with Crippen molar-refractivity contribution in [3.8, 4) is 0 Å². The lowest BCUT2D eigenvalue weighted by molar-refractivity contribution is -0.133. The second kappa shape index (κ2) is 7.10. The number of primary amides is 1. The van der Waals surface area contributed by atoms with Crippen LogP contribution in [0.25, 0.3) is 0 Å². The molecule has 0 radical (unpaired) electrons. The molecule has 2 rings (SSSR count). The molecular weight excluding hydrogens is 264 g/mol. The smallest absolute Gasteiger partial charge is 0.224 e. The predicted molar refractivity (Wildman–Crippen MR) is 83.2 cm³/mol. The third-order valence-electron chi connectivity index (χ3n) is 5.20. The van der Waals surface area contributed by atoms with E-state index in [1.54, 1.807) is 0 Å². The molecule has 0 saturated heterocycles. The summed E-state index contributed by atoms with van der Waals surface area (Å²) in [7, 11) is 0. The number of amides is 2. The van der Waals surface area contributed by atoms with E-state index < -0.39 is 0 Å². The van der Waals surface area contributed by atoms with Crippen molar-refractivity contribution in [3.05, 3.63) is 12.2 Å². The molecular formula is C17H28N2O2. The van der Waals surface area contributed by atoms with Gasteiger partial charge in [0.15, 0.2) is 0 Å². The molecule has 0 spiro atoms. The normalized spacial score (nSPS) is 31.3. The first-order valence-corrected chi connectivity index (χ1v) is 8.33. The molecule has 0 aromatic carbocycles. The van der Waals surface area contributed by atoms with Crippen LogP contribution < -0.4 is 11.1 Å². The van der Waals surface area contributed by atoms with Crippen molar-refractivity contribution in [3.63, 3.8) is 0 Å². The van der Waals surface area contributed by atoms with E-state index in [-0.39, 0.29) is 35.5 Å². The number of carbonyl (C=O) groups excluding carboxylic acids is 2. The molecule has 0 aromatic heterocycles. The second-order valence-electron chi connectivity index (χ2n) is 6.56. The maximum absolute atomic E-state index is 12.5. The standard InChI is InChI=1S/C17H28N2O2/c1-3-5-6-11(4-2)10-19-17(21)15-13-8-7-12(9-13)14(15)16(18)20/h7-8,11-15H,3-6,9-10H2,1-2H3,(H2,18,20)(H,19,21). The zero-order valence-electron chi connectivity index (χ0n) is 13.2. The van der Waals surface area contributed by atoms with Gasteiger partial charge in [-0.15, -0.1) is 0 Å². The summed E-state index contributed by atoms with van der Waals surface area (Å²) in [5.74, 6) is 0.0381. The highest BCUT2D eigenvalue weighted by atomic mass is 16.2. The summed E-state index contributed by atoms with van der Waals surface area (Å²) in [6.45, 7) is 5.07. The summed E-state index contributed by atoms with van der Waals surface area (Å²) in [5, 5.41) is 3.07. The molecule has 4 nitrogen and oxygen atoms in total. The number of allylic oxidation sites excluding steroid dienone is 2. The van der Waals surface area contributed by atoms with Crippen molar-refractivity contribution in [1.82, 2.24) is 5.32 Å². The van der Waals surface area contributed by atoms with Gasteiger partial charge in [0, 0.05) is 6.54 Å². The Hall–Kier alpha value is -1.32. The zero-order valence-corrected chi connectivity index (χ0v) is 13.2. The van der Waals surface area contributed by atoms with Gasteiger partial charge in [0.05, 0.1) is 11.8 Å². The molecule has 0 aromatic rings. The van der Waals surface area contributed by atoms with Gasteiger partial charge in [-0.2, -0.15) is 0 Å². The van der Waals surface area contributed by atoms with Crippen molar-refractivity contribution in [1.29, 1.82) is 0 Å². The van der Waals surface area contributed by atoms with Gasteiger partial charge in [0.1, 0.15) is 0 Å². The van der Waals surface area contributed by atoms with E-state index in [0.717, 1.165) is 25.8 Å². The van der Waals surface area contributed by atoms with Crippen LogP contribution in [-0.2, 0) is 9.59 Å². The SMILES string of the molecule is CCCCC(CC)CNC(=O)C1C2C=CC(C2)C1C(N)=O. The van der Waals surface area contributed by atoms with E-state index in [1.165, 1.54) is 12.8 Å². The molecule has 0 aliphatic heterocycles. The van der Waals surface area contributed by atoms with Gasteiger partial charge in [0.25, 0.3) is 0 Å². The summed E-state index contributed by atoms with van der Waals surface area (Å²) in [6, 6.07) is 0. The van der Waals surface area contributed by atoms with E-state index in [9.17, 15) is 9.59 Å². The maximum atomic E-state index is 12.5. The Balaban J connectivity index is 1.90. The lowest BCUT2D eigenvalue weighted by Crippen LogP contribution is -2.43. The highest BCUT2D eigenvalue weighted by Crippen LogP contribution is 2.47. The van der Waals surface area contributed by atoms with Crippen LogP contribution in [0.2, 0.25) is 0 Å². The predicted octanol–water partition coefficient (Wildman–Crippen LogP) is 2.24. The number of hydrogen-bond acceptors (Lipinski definition) is 2. The molecule has 3 N–H and O–H groups in total. The number of carbonyl (C=O) groups is 2. The molecule has 2 aliphatic carbocycles. The Bertz CT molecular complexity index is 419. The maximum Gasteiger partial charge on any atom is 0.224 e. The van der Waals surface area contributed by atoms with Crippen LogP contribution >= 0.6 is 0 Å². The molecule has 1 saturated carbocycles. The number of fused-ring (bicyclic) bond motifs is 2. The first-order valence-electron chi connectivity index (χ1n) is 8.33. The van der Waals surface area contributed by atoms with Gasteiger partial charge in [-0.05, 0) is 30.6 Å². The first kappa shape index (κ1) is 16.1. The Labute approximate surface area is 127 Å². The molecule has 5 unspecified atom stereocenters. The van der Waals surface area contributed by atoms with Crippen molar-refractivity contribution in [2.75, 3.05) is 6.54 Å². The minimum absolute atomic E-state index is 0.0191. The zero-order chi connectivity index (χ0) is 15.4. The monoisotopic (exact) mass is 292 g/mol. The summed E-state index contributed by atoms with van der Waals surface area (Å²) in [6.07, 6.45) is 9.67. The van der Waals surface area contributed by atoms with Crippen LogP contribution in [0.15, 0.2) is 12.2 Å². The van der Waals surface area contributed by atoms with Crippen LogP contribution in [0.4, 0.5) is 0 Å². The van der Waals surface area contributed by atoms with Gasteiger partial charge < -0.3 is 11.1 Å². The molecule has 0 heterocycles. The summed E-state index contributed by atoms with van der Waals surface area (Å²) in [4.78, 5) is 24.1. The van der Waals surface area contributed by atoms with Crippen molar-refractivity contribution in [2.24, 2.45) is 35.3 Å². The minimum atomic E-state index is -0.329. The number of nitrogens with two attached hydrogens (primary N) is 1. The molecule has 4 heteroatoms. The largest absolute Gasteiger partial charge is 0.369 e. The van der Waals surface area contributed by atoms with Crippen LogP contribution in [0.3, 0.4) is 0 Å². The van der Waals surface area contributed by atoms with Gasteiger partial charge in [-0.1, -0.05) is 45.3 Å². The van der Waals surface area contributed by atoms with Gasteiger partial charge in [-0.25, -0.2) is 0 Å². The van der Waals surface area contributed by atoms with Crippen LogP contribution in [-0.4, -0.2) is 18.4 Å². The highest BCUT2D eigenvalue weighted by molar-refractivity contribution is 5.89. The number of unbranched alkanes of at least 4 members (excludes halogenated alkanes) is 1. The lowest BCUT2D eigenvalue weighted by Gasteiger charge is -2.25. The first-order chi connectivity index (χ1) is 10.1. The number of nitrogens with one attached hydrogen (secondary N) is 1. The van der Waals surface area contributed by atoms with Gasteiger partial charge in [-0.3, -0.25) is 9.59 Å². The lowest BCUT2D eigenvalue weighted by atomic mass is 9.82. The van der Waals surface area contributed by atoms with Gasteiger partial charge >= 0.3 is 0 Å². The Morgan fingerprint density at radius 2 is 1.90 bits per heavy atom. The van der Waals surface area contributed by atoms with Crippen molar-refractivity contribution >= 4 is 11.8 Å². The highest BCUT2D eigenvalue weighted by Gasteiger charge is 2.50. The van der Waals surface area contributed by atoms with E-state index in [0.29, 0.717) is 5.92 Å². The number of hydrogen-bond donors (Lipinski definition) is 2. The van der Waals surface area contributed by atoms with E-state index in [2.05, 4.69) is 31.3 Å². The summed E-state index contributed by atoms with van der Waals surface area (Å²) < 4.78 is 0. The summed E-state index contributed by atoms with van der Waals surface area (Å²) >= 11 is 0. The molecule has 2 aliphatic rings. The van der Waals surface area contributed by atoms with E-state index in [4.69, 9.17) is 5.73 Å². The van der Waals surface area contributed by atoms with Crippen molar-refractivity contribution < 1.29 is 9.59 Å². The number of rotatable bonds is 8. The van der Waals surface area contributed by atoms with Gasteiger partial charge in [0.2, 0.25) is 11.8 Å². The fourth-order valence-electron chi connectivity index (χ4n) is 3.87. The third kappa shape index (κ3) is 3.47. The molecule has 2 bridgehead atoms. The van der Waals surface area contributed by atoms with E-state index >= 15 is 0 Å². The van der Waals surface area contributed by atoms with Crippen LogP contribution in [0, 0.1) is 29.6 Å². The average molecular weight is 292 g/mol. The Morgan fingerprint density at radius 3 is 2.48 bits per heavy atom. The Morgan fingerprint density at radius 1 is 1.24 bits per heavy atom. The quantitative estimate of drug-likeness (QED) is 0.673. The summed E-state index contributed by atoms with van der Waals surface area (Å²) in [5.41, 5.74) is 5.51. The topological polar surface area (TPSA) is 72.2 Å². The van der Waals surface area contributed by atoms with Crippen molar-refractivity contribution in [2.45, 2.75) is 46.0 Å². The fraction of sp³-hybridized carbons (Fsp3) is 0.765. The average Bonchev–Trinajstić information content (AvgIpc) is 3.07. The van der Waals surface area contributed by atoms with Crippen LogP contribution in [0.1, 0.15) is 46.0 Å².